The molecule has 26 heavy (non-hydrogen) atoms. The maximum atomic E-state index is 12.8. The highest BCUT2D eigenvalue weighted by molar-refractivity contribution is 14.0. The van der Waals surface area contributed by atoms with Crippen LogP contribution in [-0.4, -0.2) is 71.5 Å². The molecule has 0 heterocycles. The standard InChI is InChI=1S/C18H31FN4O2.HI/c1-20-18(22-11-13-23(2)12-5-14-24-3)21-10-4-15-25-17-8-6-16(19)7-9-17;/h6-9H,4-5,10-15H2,1-3H3,(H2,20,21,22);1H. The topological polar surface area (TPSA) is 58.1 Å². The zero-order chi connectivity index (χ0) is 18.3. The fourth-order valence-corrected chi connectivity index (χ4v) is 2.18. The van der Waals surface area contributed by atoms with Gasteiger partial charge in [0, 0.05) is 46.9 Å². The molecule has 0 spiro atoms. The normalized spacial score (nSPS) is 11.2. The van der Waals surface area contributed by atoms with Crippen LogP contribution in [0.25, 0.3) is 0 Å². The van der Waals surface area contributed by atoms with Gasteiger partial charge in [0.15, 0.2) is 5.96 Å². The van der Waals surface area contributed by atoms with Crippen LogP contribution in [0, 0.1) is 5.82 Å². The third kappa shape index (κ3) is 12.3. The Balaban J connectivity index is 0.00000625. The first kappa shape index (κ1) is 24.9. The summed E-state index contributed by atoms with van der Waals surface area (Å²) in [6, 6.07) is 6.05. The summed E-state index contributed by atoms with van der Waals surface area (Å²) in [7, 11) is 5.58. The Morgan fingerprint density at radius 1 is 1.08 bits per heavy atom. The van der Waals surface area contributed by atoms with Crippen molar-refractivity contribution in [2.24, 2.45) is 4.99 Å². The number of hydrogen-bond donors (Lipinski definition) is 2. The average Bonchev–Trinajstić information content (AvgIpc) is 2.61. The number of benzene rings is 1. The molecule has 1 rings (SSSR count). The molecule has 0 aliphatic heterocycles. The minimum atomic E-state index is -0.256. The Kier molecular flexibility index (Phi) is 15.4. The lowest BCUT2D eigenvalue weighted by atomic mass is 10.3. The van der Waals surface area contributed by atoms with Crippen molar-refractivity contribution in [3.63, 3.8) is 0 Å². The van der Waals surface area contributed by atoms with Crippen LogP contribution in [-0.2, 0) is 4.74 Å². The molecule has 6 nitrogen and oxygen atoms in total. The molecule has 0 unspecified atom stereocenters. The first-order valence-electron chi connectivity index (χ1n) is 8.66. The molecular weight excluding hydrogens is 450 g/mol. The number of ether oxygens (including phenoxy) is 2. The number of nitrogens with one attached hydrogen (secondary N) is 2. The lowest BCUT2D eigenvalue weighted by molar-refractivity contribution is 0.180. The maximum Gasteiger partial charge on any atom is 0.191 e. The third-order valence-electron chi connectivity index (χ3n) is 3.59. The van der Waals surface area contributed by atoms with Crippen LogP contribution in [0.4, 0.5) is 4.39 Å². The summed E-state index contributed by atoms with van der Waals surface area (Å²) in [5, 5.41) is 6.54. The van der Waals surface area contributed by atoms with E-state index in [1.54, 1.807) is 26.3 Å². The van der Waals surface area contributed by atoms with Crippen LogP contribution in [0.3, 0.4) is 0 Å². The smallest absolute Gasteiger partial charge is 0.191 e. The molecular formula is C18H32FIN4O2. The Bertz CT molecular complexity index is 489. The van der Waals surface area contributed by atoms with Gasteiger partial charge >= 0.3 is 0 Å². The van der Waals surface area contributed by atoms with Crippen LogP contribution in [0.15, 0.2) is 29.3 Å². The maximum absolute atomic E-state index is 12.8. The first-order chi connectivity index (χ1) is 12.2. The minimum Gasteiger partial charge on any atom is -0.494 e. The van der Waals surface area contributed by atoms with E-state index in [9.17, 15) is 4.39 Å². The highest BCUT2D eigenvalue weighted by Crippen LogP contribution is 2.10. The fraction of sp³-hybridized carbons (Fsp3) is 0.611. The molecule has 0 radical (unpaired) electrons. The minimum absolute atomic E-state index is 0. The zero-order valence-electron chi connectivity index (χ0n) is 16.0. The van der Waals surface area contributed by atoms with Gasteiger partial charge in [-0.15, -0.1) is 24.0 Å². The van der Waals surface area contributed by atoms with Gasteiger partial charge in [-0.2, -0.15) is 0 Å². The monoisotopic (exact) mass is 482 g/mol. The number of aliphatic imine (C=N–C) groups is 1. The molecule has 0 saturated carbocycles. The van der Waals surface area contributed by atoms with Crippen molar-refractivity contribution >= 4 is 29.9 Å². The van der Waals surface area contributed by atoms with E-state index in [1.807, 2.05) is 0 Å². The van der Waals surface area contributed by atoms with Gasteiger partial charge in [0.2, 0.25) is 0 Å². The Hall–Kier alpha value is -1.13. The third-order valence-corrected chi connectivity index (χ3v) is 3.59. The molecule has 0 aliphatic rings. The van der Waals surface area contributed by atoms with Crippen LogP contribution in [0.5, 0.6) is 5.75 Å². The molecule has 0 bridgehead atoms. The van der Waals surface area contributed by atoms with Crippen molar-refractivity contribution in [2.75, 3.05) is 60.6 Å². The van der Waals surface area contributed by atoms with Gasteiger partial charge in [-0.1, -0.05) is 0 Å². The van der Waals surface area contributed by atoms with Gasteiger partial charge < -0.3 is 25.0 Å². The summed E-state index contributed by atoms with van der Waals surface area (Å²) in [5.41, 5.74) is 0. The van der Waals surface area contributed by atoms with E-state index in [2.05, 4.69) is 27.6 Å². The summed E-state index contributed by atoms with van der Waals surface area (Å²) in [6.45, 7) is 4.90. The largest absolute Gasteiger partial charge is 0.494 e. The van der Waals surface area contributed by atoms with Crippen molar-refractivity contribution in [2.45, 2.75) is 12.8 Å². The van der Waals surface area contributed by atoms with Crippen LogP contribution < -0.4 is 15.4 Å². The van der Waals surface area contributed by atoms with Gasteiger partial charge in [-0.25, -0.2) is 4.39 Å². The van der Waals surface area contributed by atoms with Crippen molar-refractivity contribution < 1.29 is 13.9 Å². The van der Waals surface area contributed by atoms with E-state index in [0.717, 1.165) is 51.6 Å². The van der Waals surface area contributed by atoms with Crippen molar-refractivity contribution in [3.8, 4) is 5.75 Å². The summed E-state index contributed by atoms with van der Waals surface area (Å²) in [4.78, 5) is 6.46. The van der Waals surface area contributed by atoms with Gasteiger partial charge in [-0.3, -0.25) is 4.99 Å². The highest BCUT2D eigenvalue weighted by atomic mass is 127. The first-order valence-corrected chi connectivity index (χ1v) is 8.66. The van der Waals surface area contributed by atoms with E-state index in [0.29, 0.717) is 12.4 Å². The Morgan fingerprint density at radius 3 is 2.42 bits per heavy atom. The van der Waals surface area contributed by atoms with Gasteiger partial charge in [0.05, 0.1) is 6.61 Å². The molecule has 0 fully saturated rings. The molecule has 1 aromatic carbocycles. The zero-order valence-corrected chi connectivity index (χ0v) is 18.3. The van der Waals surface area contributed by atoms with Crippen molar-refractivity contribution in [1.29, 1.82) is 0 Å². The molecule has 8 heteroatoms. The second-order valence-corrected chi connectivity index (χ2v) is 5.73. The Morgan fingerprint density at radius 2 is 1.77 bits per heavy atom. The summed E-state index contributed by atoms with van der Waals surface area (Å²) < 4.78 is 23.4. The predicted octanol–water partition coefficient (Wildman–Crippen LogP) is 2.35. The van der Waals surface area contributed by atoms with E-state index < -0.39 is 0 Å². The number of hydrogen-bond acceptors (Lipinski definition) is 4. The van der Waals surface area contributed by atoms with E-state index in [1.165, 1.54) is 12.1 Å². The lowest BCUT2D eigenvalue weighted by Gasteiger charge is -2.18. The second-order valence-electron chi connectivity index (χ2n) is 5.73. The van der Waals surface area contributed by atoms with E-state index >= 15 is 0 Å². The summed E-state index contributed by atoms with van der Waals surface area (Å²) >= 11 is 0. The molecule has 0 aliphatic carbocycles. The SMILES string of the molecule is CN=C(NCCCOc1ccc(F)cc1)NCCN(C)CCCOC.I. The van der Waals surface area contributed by atoms with E-state index in [-0.39, 0.29) is 29.8 Å². The summed E-state index contributed by atoms with van der Waals surface area (Å²) in [6.07, 6.45) is 1.86. The quantitative estimate of drug-likeness (QED) is 0.207. The summed E-state index contributed by atoms with van der Waals surface area (Å²) in [5.74, 6) is 1.21. The van der Waals surface area contributed by atoms with Crippen molar-refractivity contribution in [1.82, 2.24) is 15.5 Å². The van der Waals surface area contributed by atoms with Gasteiger partial charge in [0.25, 0.3) is 0 Å². The van der Waals surface area contributed by atoms with Crippen LogP contribution in [0.2, 0.25) is 0 Å². The molecule has 0 aromatic heterocycles. The second kappa shape index (κ2) is 16.1. The average molecular weight is 482 g/mol. The van der Waals surface area contributed by atoms with Crippen LogP contribution in [0.1, 0.15) is 12.8 Å². The molecule has 150 valence electrons. The van der Waals surface area contributed by atoms with Gasteiger partial charge in [0.1, 0.15) is 11.6 Å². The number of likely N-dealkylation sites (N-methyl/N-ethyl adjacent to an activating group) is 1. The number of rotatable bonds is 12. The number of guanidine groups is 1. The predicted molar refractivity (Wildman–Crippen MR) is 115 cm³/mol. The Labute approximate surface area is 173 Å². The fourth-order valence-electron chi connectivity index (χ4n) is 2.18. The van der Waals surface area contributed by atoms with Gasteiger partial charge in [-0.05, 0) is 44.2 Å². The molecule has 0 saturated heterocycles. The van der Waals surface area contributed by atoms with E-state index in [4.69, 9.17) is 9.47 Å². The number of methoxy groups -OCH3 is 1. The molecule has 1 aromatic rings. The number of nitrogens with zero attached hydrogens (tertiary/aromatic N) is 2. The van der Waals surface area contributed by atoms with Crippen LogP contribution >= 0.6 is 24.0 Å². The molecule has 2 N–H and O–H groups in total. The molecule has 0 amide bonds. The lowest BCUT2D eigenvalue weighted by Crippen LogP contribution is -2.41. The van der Waals surface area contributed by atoms with Crippen molar-refractivity contribution in [3.05, 3.63) is 30.1 Å². The molecule has 0 atom stereocenters. The highest BCUT2D eigenvalue weighted by Gasteiger charge is 2.01. The number of halogens is 2.